The van der Waals surface area contributed by atoms with Crippen LogP contribution in [0.5, 0.6) is 0 Å². The Morgan fingerprint density at radius 2 is 1.91 bits per heavy atom. The number of fused-ring (bicyclic) bond motifs is 1. The van der Waals surface area contributed by atoms with Crippen molar-refractivity contribution < 1.29 is 19.1 Å². The number of epoxide rings is 1. The highest BCUT2D eigenvalue weighted by atomic mass is 35.5. The number of carbonyl (C=O) groups excluding carboxylic acids is 2. The number of pyridine rings is 1. The molecule has 2 aliphatic rings. The van der Waals surface area contributed by atoms with Crippen LogP contribution in [0.3, 0.4) is 0 Å². The summed E-state index contributed by atoms with van der Waals surface area (Å²) in [6.45, 7) is 8.38. The van der Waals surface area contributed by atoms with Gasteiger partial charge in [0.25, 0.3) is 0 Å². The molecule has 3 rings (SSSR count). The highest BCUT2D eigenvalue weighted by Gasteiger charge is 2.67. The van der Waals surface area contributed by atoms with Crippen LogP contribution < -0.4 is 0 Å². The number of ketones is 1. The standard InChI is InChI=1S/C26H36ClNO4/c1-19-8-7-13-25(4)26(32-25,21(27)18-20-9-5-6-16-28-20)15-17-31-23(30)12-14-24(2,3)22(29)11-10-19/h5-6,9,16,18-19H,7-8,10-15,17H2,1-4H3. The molecule has 0 N–H and O–H groups in total. The van der Waals surface area contributed by atoms with Gasteiger partial charge in [-0.15, -0.1) is 0 Å². The fourth-order valence-electron chi connectivity index (χ4n) is 4.64. The summed E-state index contributed by atoms with van der Waals surface area (Å²) >= 11 is 6.80. The second-order valence-corrected chi connectivity index (χ2v) is 10.6. The fraction of sp³-hybridized carbons (Fsp3) is 0.654. The molecule has 2 saturated heterocycles. The van der Waals surface area contributed by atoms with Crippen molar-refractivity contribution in [2.45, 2.75) is 90.3 Å². The normalized spacial score (nSPS) is 32.7. The topological polar surface area (TPSA) is 68.8 Å². The lowest BCUT2D eigenvalue weighted by molar-refractivity contribution is -0.145. The maximum Gasteiger partial charge on any atom is 0.305 e. The minimum absolute atomic E-state index is 0.228. The van der Waals surface area contributed by atoms with E-state index in [0.717, 1.165) is 31.4 Å². The molecule has 3 unspecified atom stereocenters. The van der Waals surface area contributed by atoms with Gasteiger partial charge >= 0.3 is 5.97 Å². The van der Waals surface area contributed by atoms with Crippen LogP contribution in [-0.4, -0.2) is 34.5 Å². The second-order valence-electron chi connectivity index (χ2n) is 10.2. The molecule has 2 aliphatic heterocycles. The van der Waals surface area contributed by atoms with E-state index in [-0.39, 0.29) is 24.8 Å². The first-order valence-electron chi connectivity index (χ1n) is 11.8. The summed E-state index contributed by atoms with van der Waals surface area (Å²) in [6.07, 6.45) is 9.12. The Balaban J connectivity index is 1.76. The quantitative estimate of drug-likeness (QED) is 0.393. The molecule has 1 aromatic rings. The zero-order valence-corrected chi connectivity index (χ0v) is 20.5. The first-order valence-corrected chi connectivity index (χ1v) is 12.1. The molecule has 6 heteroatoms. The van der Waals surface area contributed by atoms with E-state index >= 15 is 0 Å². The minimum Gasteiger partial charge on any atom is -0.466 e. The number of hydrogen-bond acceptors (Lipinski definition) is 5. The summed E-state index contributed by atoms with van der Waals surface area (Å²) in [5, 5.41) is 0.593. The molecule has 176 valence electrons. The van der Waals surface area contributed by atoms with E-state index < -0.39 is 16.6 Å². The minimum atomic E-state index is -0.665. The van der Waals surface area contributed by atoms with Crippen molar-refractivity contribution in [3.8, 4) is 0 Å². The van der Waals surface area contributed by atoms with Crippen molar-refractivity contribution in [2.75, 3.05) is 6.61 Å². The molecular formula is C26H36ClNO4. The first-order chi connectivity index (χ1) is 15.1. The molecule has 3 heterocycles. The number of carbonyl (C=O) groups is 2. The number of aromatic nitrogens is 1. The molecule has 3 atom stereocenters. The molecule has 32 heavy (non-hydrogen) atoms. The number of Topliss-reactive ketones (excluding diaryl/α,β-unsaturated/α-hetero) is 1. The molecule has 5 nitrogen and oxygen atoms in total. The summed E-state index contributed by atoms with van der Waals surface area (Å²) in [4.78, 5) is 29.4. The van der Waals surface area contributed by atoms with E-state index in [2.05, 4.69) is 18.8 Å². The fourth-order valence-corrected chi connectivity index (χ4v) is 5.08. The van der Waals surface area contributed by atoms with Gasteiger partial charge in [0.15, 0.2) is 0 Å². The van der Waals surface area contributed by atoms with Crippen LogP contribution in [0, 0.1) is 11.3 Å². The van der Waals surface area contributed by atoms with Crippen LogP contribution in [0.15, 0.2) is 29.4 Å². The molecule has 0 spiro atoms. The average molecular weight is 462 g/mol. The number of rotatable bonds is 2. The van der Waals surface area contributed by atoms with Crippen molar-refractivity contribution in [1.82, 2.24) is 4.98 Å². The molecule has 0 amide bonds. The highest BCUT2D eigenvalue weighted by molar-refractivity contribution is 6.33. The predicted octanol–water partition coefficient (Wildman–Crippen LogP) is 6.10. The van der Waals surface area contributed by atoms with Gasteiger partial charge in [0.1, 0.15) is 17.0 Å². The van der Waals surface area contributed by atoms with Gasteiger partial charge in [0.2, 0.25) is 0 Å². The zero-order valence-electron chi connectivity index (χ0n) is 19.8. The van der Waals surface area contributed by atoms with Crippen molar-refractivity contribution >= 4 is 29.4 Å². The van der Waals surface area contributed by atoms with Crippen LogP contribution in [0.4, 0.5) is 0 Å². The molecular weight excluding hydrogens is 426 g/mol. The lowest BCUT2D eigenvalue weighted by Gasteiger charge is -2.24. The van der Waals surface area contributed by atoms with Gasteiger partial charge < -0.3 is 9.47 Å². The van der Waals surface area contributed by atoms with Crippen molar-refractivity contribution in [1.29, 1.82) is 0 Å². The maximum atomic E-state index is 12.7. The van der Waals surface area contributed by atoms with E-state index in [1.807, 2.05) is 38.1 Å². The molecule has 0 bridgehead atoms. The van der Waals surface area contributed by atoms with Crippen molar-refractivity contribution in [3.05, 3.63) is 35.1 Å². The van der Waals surface area contributed by atoms with Crippen LogP contribution in [0.1, 0.15) is 84.8 Å². The van der Waals surface area contributed by atoms with Gasteiger partial charge in [-0.2, -0.15) is 0 Å². The van der Waals surface area contributed by atoms with E-state index in [4.69, 9.17) is 21.1 Å². The number of ether oxygens (including phenoxy) is 2. The van der Waals surface area contributed by atoms with Crippen molar-refractivity contribution in [3.63, 3.8) is 0 Å². The Morgan fingerprint density at radius 1 is 1.12 bits per heavy atom. The van der Waals surface area contributed by atoms with Gasteiger partial charge in [0, 0.05) is 30.9 Å². The third kappa shape index (κ3) is 5.79. The van der Waals surface area contributed by atoms with E-state index in [0.29, 0.717) is 30.2 Å². The smallest absolute Gasteiger partial charge is 0.305 e. The predicted molar refractivity (Wildman–Crippen MR) is 126 cm³/mol. The molecule has 1 aromatic heterocycles. The van der Waals surface area contributed by atoms with E-state index in [9.17, 15) is 9.59 Å². The third-order valence-electron chi connectivity index (χ3n) is 7.20. The SMILES string of the molecule is CC1CCCC2(C)OC2(C(Cl)=Cc2ccccn2)CCOC(=O)CCC(C)(C)C(=O)CC1. The Kier molecular flexibility index (Phi) is 7.82. The van der Waals surface area contributed by atoms with Crippen LogP contribution in [0.2, 0.25) is 0 Å². The lowest BCUT2D eigenvalue weighted by atomic mass is 9.80. The Bertz CT molecular complexity index is 853. The monoisotopic (exact) mass is 461 g/mol. The van der Waals surface area contributed by atoms with Crippen LogP contribution in [-0.2, 0) is 19.1 Å². The van der Waals surface area contributed by atoms with Crippen LogP contribution >= 0.6 is 11.6 Å². The van der Waals surface area contributed by atoms with Crippen molar-refractivity contribution in [2.24, 2.45) is 11.3 Å². The number of hydrogen-bond donors (Lipinski definition) is 0. The Morgan fingerprint density at radius 3 is 2.62 bits per heavy atom. The first kappa shape index (κ1) is 24.9. The Hall–Kier alpha value is -1.72. The summed E-state index contributed by atoms with van der Waals surface area (Å²) in [5.41, 5.74) is -0.809. The van der Waals surface area contributed by atoms with Gasteiger partial charge in [-0.05, 0) is 50.3 Å². The average Bonchev–Trinajstić information content (AvgIpc) is 3.35. The molecule has 0 aliphatic carbocycles. The molecule has 0 aromatic carbocycles. The van der Waals surface area contributed by atoms with Crippen LogP contribution in [0.25, 0.3) is 6.08 Å². The number of esters is 1. The van der Waals surface area contributed by atoms with Gasteiger partial charge in [0.05, 0.1) is 17.3 Å². The largest absolute Gasteiger partial charge is 0.466 e. The number of cyclic esters (lactones) is 1. The second kappa shape index (κ2) is 10.0. The molecule has 0 saturated carbocycles. The number of nitrogens with zero attached hydrogens (tertiary/aromatic N) is 1. The summed E-state index contributed by atoms with van der Waals surface area (Å²) in [5.74, 6) is 0.407. The third-order valence-corrected chi connectivity index (χ3v) is 7.62. The maximum absolute atomic E-state index is 12.7. The summed E-state index contributed by atoms with van der Waals surface area (Å²) in [7, 11) is 0. The number of halogens is 1. The zero-order chi connectivity index (χ0) is 23.4. The summed E-state index contributed by atoms with van der Waals surface area (Å²) in [6, 6.07) is 5.68. The van der Waals surface area contributed by atoms with Gasteiger partial charge in [-0.3, -0.25) is 14.6 Å². The molecule has 2 fully saturated rings. The lowest BCUT2D eigenvalue weighted by Crippen LogP contribution is -2.28. The Labute approximate surface area is 196 Å². The van der Waals surface area contributed by atoms with Gasteiger partial charge in [-0.1, -0.05) is 51.3 Å². The van der Waals surface area contributed by atoms with E-state index in [1.54, 1.807) is 6.20 Å². The summed E-state index contributed by atoms with van der Waals surface area (Å²) < 4.78 is 11.8. The molecule has 0 radical (unpaired) electrons. The highest BCUT2D eigenvalue weighted by Crippen LogP contribution is 2.59. The van der Waals surface area contributed by atoms with E-state index in [1.165, 1.54) is 0 Å². The van der Waals surface area contributed by atoms with Gasteiger partial charge in [-0.25, -0.2) is 0 Å².